The Morgan fingerprint density at radius 1 is 1.28 bits per heavy atom. The van der Waals surface area contributed by atoms with E-state index in [4.69, 9.17) is 14.6 Å². The number of piperidine rings is 1. The molecule has 32 heavy (non-hydrogen) atoms. The SMILES string of the molecule is CC(C)N(C)C[C@H]1OC[C@@H]2CCN(C(=O)NCc3ccccc3)C[C@@H]21.O=C(O)C(F)(F)F. The quantitative estimate of drug-likeness (QED) is 0.707. The van der Waals surface area contributed by atoms with E-state index in [1.807, 2.05) is 35.2 Å². The first-order valence-electron chi connectivity index (χ1n) is 10.7. The third-order valence-corrected chi connectivity index (χ3v) is 5.97. The zero-order valence-electron chi connectivity index (χ0n) is 18.6. The topological polar surface area (TPSA) is 82.1 Å². The lowest BCUT2D eigenvalue weighted by molar-refractivity contribution is -0.192. The Hall–Kier alpha value is -2.33. The molecule has 3 atom stereocenters. The maximum Gasteiger partial charge on any atom is 0.490 e. The number of nitrogens with zero attached hydrogens (tertiary/aromatic N) is 2. The summed E-state index contributed by atoms with van der Waals surface area (Å²) >= 11 is 0. The summed E-state index contributed by atoms with van der Waals surface area (Å²) in [7, 11) is 2.15. The lowest BCUT2D eigenvalue weighted by Gasteiger charge is -2.37. The van der Waals surface area contributed by atoms with E-state index >= 15 is 0 Å². The first-order valence-corrected chi connectivity index (χ1v) is 10.7. The second kappa shape index (κ2) is 11.5. The average Bonchev–Trinajstić information content (AvgIpc) is 3.14. The third-order valence-electron chi connectivity index (χ3n) is 5.97. The number of aliphatic carboxylic acids is 1. The molecule has 2 N–H and O–H groups in total. The lowest BCUT2D eigenvalue weighted by Crippen LogP contribution is -2.50. The average molecular weight is 460 g/mol. The van der Waals surface area contributed by atoms with Crippen molar-refractivity contribution in [3.8, 4) is 0 Å². The van der Waals surface area contributed by atoms with E-state index in [1.165, 1.54) is 0 Å². The summed E-state index contributed by atoms with van der Waals surface area (Å²) in [5, 5.41) is 10.2. The number of ether oxygens (including phenoxy) is 1. The zero-order valence-corrected chi connectivity index (χ0v) is 18.6. The number of likely N-dealkylation sites (tertiary alicyclic amines) is 1. The number of likely N-dealkylation sites (N-methyl/N-ethyl adjacent to an activating group) is 1. The van der Waals surface area contributed by atoms with Crippen LogP contribution in [0.2, 0.25) is 0 Å². The largest absolute Gasteiger partial charge is 0.490 e. The highest BCUT2D eigenvalue weighted by Crippen LogP contribution is 2.34. The summed E-state index contributed by atoms with van der Waals surface area (Å²) in [4.78, 5) is 25.8. The molecule has 2 saturated heterocycles. The van der Waals surface area contributed by atoms with Crippen LogP contribution in [0, 0.1) is 11.8 Å². The van der Waals surface area contributed by atoms with E-state index < -0.39 is 12.1 Å². The molecule has 2 aliphatic rings. The number of alkyl halides is 3. The molecule has 180 valence electrons. The molecular formula is C22H32F3N3O4. The number of amides is 2. The van der Waals surface area contributed by atoms with Crippen LogP contribution < -0.4 is 5.32 Å². The first-order chi connectivity index (χ1) is 15.0. The monoisotopic (exact) mass is 459 g/mol. The van der Waals surface area contributed by atoms with Crippen molar-refractivity contribution in [2.45, 2.75) is 45.1 Å². The van der Waals surface area contributed by atoms with Crippen molar-refractivity contribution in [1.82, 2.24) is 15.1 Å². The molecule has 0 radical (unpaired) electrons. The molecule has 0 aliphatic carbocycles. The van der Waals surface area contributed by atoms with Crippen molar-refractivity contribution >= 4 is 12.0 Å². The Morgan fingerprint density at radius 2 is 1.91 bits per heavy atom. The summed E-state index contributed by atoms with van der Waals surface area (Å²) < 4.78 is 37.8. The molecule has 0 aromatic heterocycles. The third kappa shape index (κ3) is 7.67. The van der Waals surface area contributed by atoms with Gasteiger partial charge in [0.15, 0.2) is 0 Å². The van der Waals surface area contributed by atoms with Crippen LogP contribution in [-0.2, 0) is 16.1 Å². The minimum atomic E-state index is -5.08. The number of hydrogen-bond acceptors (Lipinski definition) is 4. The molecule has 0 saturated carbocycles. The Morgan fingerprint density at radius 3 is 2.47 bits per heavy atom. The van der Waals surface area contributed by atoms with Gasteiger partial charge in [-0.2, -0.15) is 13.2 Å². The molecule has 1 aromatic carbocycles. The summed E-state index contributed by atoms with van der Waals surface area (Å²) in [6.07, 6.45) is -3.80. The Bertz CT molecular complexity index is 746. The van der Waals surface area contributed by atoms with Gasteiger partial charge in [-0.25, -0.2) is 9.59 Å². The van der Waals surface area contributed by atoms with Gasteiger partial charge in [-0.3, -0.25) is 0 Å². The van der Waals surface area contributed by atoms with E-state index in [9.17, 15) is 18.0 Å². The molecule has 0 unspecified atom stereocenters. The van der Waals surface area contributed by atoms with Gasteiger partial charge >= 0.3 is 18.2 Å². The standard InChI is InChI=1S/C20H31N3O2.C2HF3O2/c1-15(2)22(3)13-19-18-12-23(10-9-17(18)14-25-19)20(24)21-11-16-7-5-4-6-8-16;3-2(4,5)1(6)7/h4-8,15,17-19H,9-14H2,1-3H3,(H,21,24);(H,6,7)/t17-,18-,19+;/m0./s1. The molecule has 2 heterocycles. The van der Waals surface area contributed by atoms with E-state index in [2.05, 4.69) is 31.1 Å². The number of urea groups is 1. The van der Waals surface area contributed by atoms with Crippen LogP contribution in [0.25, 0.3) is 0 Å². The number of nitrogens with one attached hydrogen (secondary N) is 1. The molecule has 7 nitrogen and oxygen atoms in total. The molecule has 1 aromatic rings. The number of rotatable bonds is 5. The number of hydrogen-bond donors (Lipinski definition) is 2. The number of carbonyl (C=O) groups is 2. The van der Waals surface area contributed by atoms with E-state index in [-0.39, 0.29) is 12.1 Å². The van der Waals surface area contributed by atoms with Crippen molar-refractivity contribution in [1.29, 1.82) is 0 Å². The molecule has 10 heteroatoms. The van der Waals surface area contributed by atoms with Crippen LogP contribution in [0.3, 0.4) is 0 Å². The maximum absolute atomic E-state index is 12.6. The van der Waals surface area contributed by atoms with Crippen LogP contribution in [-0.4, -0.2) is 78.5 Å². The van der Waals surface area contributed by atoms with Gasteiger partial charge in [0.25, 0.3) is 0 Å². The lowest BCUT2D eigenvalue weighted by atomic mass is 9.84. The second-order valence-corrected chi connectivity index (χ2v) is 8.51. The van der Waals surface area contributed by atoms with Crippen molar-refractivity contribution in [2.24, 2.45) is 11.8 Å². The van der Waals surface area contributed by atoms with Crippen molar-refractivity contribution in [3.05, 3.63) is 35.9 Å². The molecule has 2 aliphatic heterocycles. The van der Waals surface area contributed by atoms with E-state index in [0.717, 1.165) is 38.2 Å². The van der Waals surface area contributed by atoms with E-state index in [0.29, 0.717) is 24.4 Å². The number of carbonyl (C=O) groups excluding carboxylic acids is 1. The van der Waals surface area contributed by atoms with Crippen molar-refractivity contribution in [2.75, 3.05) is 33.3 Å². The summed E-state index contributed by atoms with van der Waals surface area (Å²) in [6, 6.07) is 10.6. The van der Waals surface area contributed by atoms with Crippen LogP contribution in [0.15, 0.2) is 30.3 Å². The molecule has 3 rings (SSSR count). The minimum Gasteiger partial charge on any atom is -0.475 e. The van der Waals surface area contributed by atoms with Gasteiger partial charge in [0.05, 0.1) is 12.7 Å². The van der Waals surface area contributed by atoms with E-state index in [1.54, 1.807) is 0 Å². The molecule has 2 amide bonds. The summed E-state index contributed by atoms with van der Waals surface area (Å²) in [5.41, 5.74) is 1.13. The van der Waals surface area contributed by atoms with Crippen LogP contribution >= 0.6 is 0 Å². The van der Waals surface area contributed by atoms with Gasteiger partial charge in [0, 0.05) is 38.1 Å². The van der Waals surface area contributed by atoms with Crippen molar-refractivity contribution in [3.63, 3.8) is 0 Å². The number of carboxylic acids is 1. The van der Waals surface area contributed by atoms with Gasteiger partial charge in [-0.15, -0.1) is 0 Å². The fourth-order valence-corrected chi connectivity index (χ4v) is 3.78. The Balaban J connectivity index is 0.000000451. The van der Waals surface area contributed by atoms with Crippen LogP contribution in [0.4, 0.5) is 18.0 Å². The maximum atomic E-state index is 12.6. The van der Waals surface area contributed by atoms with Gasteiger partial charge in [0.1, 0.15) is 0 Å². The summed E-state index contributed by atoms with van der Waals surface area (Å²) in [6.45, 7) is 8.42. The van der Waals surface area contributed by atoms with Gasteiger partial charge < -0.3 is 25.0 Å². The highest BCUT2D eigenvalue weighted by molar-refractivity contribution is 5.74. The molecule has 0 spiro atoms. The van der Waals surface area contributed by atoms with Gasteiger partial charge in [-0.1, -0.05) is 30.3 Å². The Kier molecular flexibility index (Phi) is 9.33. The first kappa shape index (κ1) is 25.9. The molecule has 2 fully saturated rings. The fourth-order valence-electron chi connectivity index (χ4n) is 3.78. The number of halogens is 3. The predicted molar refractivity (Wildman–Crippen MR) is 113 cm³/mol. The fraction of sp³-hybridized carbons (Fsp3) is 0.636. The Labute approximate surface area is 186 Å². The smallest absolute Gasteiger partial charge is 0.475 e. The number of fused-ring (bicyclic) bond motifs is 1. The highest BCUT2D eigenvalue weighted by atomic mass is 19.4. The summed E-state index contributed by atoms with van der Waals surface area (Å²) in [5.74, 6) is -1.70. The molecule has 0 bridgehead atoms. The van der Waals surface area contributed by atoms with Gasteiger partial charge in [0.2, 0.25) is 0 Å². The zero-order chi connectivity index (χ0) is 23.9. The van der Waals surface area contributed by atoms with Crippen LogP contribution in [0.1, 0.15) is 25.8 Å². The minimum absolute atomic E-state index is 0.0465. The highest BCUT2D eigenvalue weighted by Gasteiger charge is 2.42. The van der Waals surface area contributed by atoms with Crippen molar-refractivity contribution < 1.29 is 32.6 Å². The number of carboxylic acid groups (broad SMARTS) is 1. The number of benzene rings is 1. The van der Waals surface area contributed by atoms with Gasteiger partial charge in [-0.05, 0) is 38.8 Å². The molecular weight excluding hydrogens is 427 g/mol. The normalized spacial score (nSPS) is 22.9. The predicted octanol–water partition coefficient (Wildman–Crippen LogP) is 3.21. The van der Waals surface area contributed by atoms with Crippen LogP contribution in [0.5, 0.6) is 0 Å². The second-order valence-electron chi connectivity index (χ2n) is 8.51.